The Morgan fingerprint density at radius 3 is 1.98 bits per heavy atom. The number of aliphatic hydroxyl groups is 2. The van der Waals surface area contributed by atoms with Crippen molar-refractivity contribution >= 4 is 29.8 Å². The van der Waals surface area contributed by atoms with Crippen LogP contribution in [-0.2, 0) is 30.3 Å². The fraction of sp³-hybridized carbons (Fsp3) is 0.429. The highest BCUT2D eigenvalue weighted by Crippen LogP contribution is 2.10. The topological polar surface area (TPSA) is 154 Å². The standard InChI is InChI=1S/C35H46FN3O7/c1-2-3-4-5-6-7-8-9-13-22-46-35(45)31(25-41)39-33(43)29(23-27-14-11-10-12-15-27)38-34(44)30(24-40)37-32(42)21-18-26-16-19-28(36)20-17-26/h2,10-12,14-21,29-31,40-41H,1,3-9,13,22-25H2,(H,37,42)(H,38,44)(H,39,43)/b21-18+/t29-,30-,31-/m0/s1. The number of esters is 1. The van der Waals surface area contributed by atoms with E-state index in [0.29, 0.717) is 17.5 Å². The van der Waals surface area contributed by atoms with Crippen molar-refractivity contribution < 1.29 is 38.5 Å². The van der Waals surface area contributed by atoms with Gasteiger partial charge in [0.2, 0.25) is 17.7 Å². The summed E-state index contributed by atoms with van der Waals surface area (Å²) < 4.78 is 18.4. The number of carbonyl (C=O) groups is 4. The zero-order valence-electron chi connectivity index (χ0n) is 26.2. The summed E-state index contributed by atoms with van der Waals surface area (Å²) in [7, 11) is 0. The summed E-state index contributed by atoms with van der Waals surface area (Å²) in [5.74, 6) is -3.52. The van der Waals surface area contributed by atoms with Gasteiger partial charge in [-0.1, -0.05) is 80.6 Å². The lowest BCUT2D eigenvalue weighted by Crippen LogP contribution is -2.57. The van der Waals surface area contributed by atoms with Crippen LogP contribution in [-0.4, -0.2) is 71.9 Å². The number of unbranched alkanes of at least 4 members (excludes halogenated alkanes) is 7. The van der Waals surface area contributed by atoms with Gasteiger partial charge < -0.3 is 30.9 Å². The zero-order chi connectivity index (χ0) is 33.6. The monoisotopic (exact) mass is 639 g/mol. The Morgan fingerprint density at radius 2 is 1.35 bits per heavy atom. The van der Waals surface area contributed by atoms with Crippen LogP contribution in [0, 0.1) is 5.82 Å². The van der Waals surface area contributed by atoms with E-state index in [1.54, 1.807) is 30.3 Å². The molecule has 0 saturated carbocycles. The molecule has 2 aromatic carbocycles. The summed E-state index contributed by atoms with van der Waals surface area (Å²) in [5.41, 5.74) is 1.24. The molecule has 0 aliphatic carbocycles. The molecule has 2 aromatic rings. The molecule has 0 saturated heterocycles. The number of hydrogen-bond acceptors (Lipinski definition) is 7. The SMILES string of the molecule is C=CCCCCCCCCCOC(=O)[C@H](CO)NC(=O)[C@H](Cc1ccccc1)NC(=O)[C@H](CO)NC(=O)/C=C/c1ccc(F)cc1. The molecule has 3 atom stereocenters. The first-order valence-corrected chi connectivity index (χ1v) is 15.7. The van der Waals surface area contributed by atoms with E-state index in [9.17, 15) is 33.8 Å². The number of nitrogens with one attached hydrogen (secondary N) is 3. The number of ether oxygens (including phenoxy) is 1. The largest absolute Gasteiger partial charge is 0.464 e. The Bertz CT molecular complexity index is 1250. The van der Waals surface area contributed by atoms with E-state index >= 15 is 0 Å². The summed E-state index contributed by atoms with van der Waals surface area (Å²) in [6, 6.07) is 10.2. The van der Waals surface area contributed by atoms with Gasteiger partial charge in [-0.25, -0.2) is 9.18 Å². The van der Waals surface area contributed by atoms with Gasteiger partial charge >= 0.3 is 5.97 Å². The van der Waals surface area contributed by atoms with Gasteiger partial charge in [0.05, 0.1) is 19.8 Å². The van der Waals surface area contributed by atoms with Gasteiger partial charge in [0.15, 0.2) is 6.04 Å². The smallest absolute Gasteiger partial charge is 0.331 e. The van der Waals surface area contributed by atoms with Crippen molar-refractivity contribution in [2.24, 2.45) is 0 Å². The van der Waals surface area contributed by atoms with Gasteiger partial charge in [-0.15, -0.1) is 6.58 Å². The highest BCUT2D eigenvalue weighted by Gasteiger charge is 2.30. The van der Waals surface area contributed by atoms with Crippen LogP contribution in [0.25, 0.3) is 6.08 Å². The second-order valence-corrected chi connectivity index (χ2v) is 10.8. The van der Waals surface area contributed by atoms with Gasteiger partial charge in [-0.2, -0.15) is 0 Å². The molecule has 10 nitrogen and oxygen atoms in total. The van der Waals surface area contributed by atoms with Gasteiger partial charge in [0.1, 0.15) is 17.9 Å². The lowest BCUT2D eigenvalue weighted by molar-refractivity contribution is -0.149. The molecule has 0 heterocycles. The highest BCUT2D eigenvalue weighted by molar-refractivity contribution is 5.97. The van der Waals surface area contributed by atoms with E-state index in [2.05, 4.69) is 22.5 Å². The summed E-state index contributed by atoms with van der Waals surface area (Å²) in [5, 5.41) is 27.0. The average Bonchev–Trinajstić information content (AvgIpc) is 3.06. The molecular weight excluding hydrogens is 593 g/mol. The van der Waals surface area contributed by atoms with Gasteiger partial charge in [-0.05, 0) is 48.6 Å². The van der Waals surface area contributed by atoms with Gasteiger partial charge in [0, 0.05) is 12.5 Å². The minimum absolute atomic E-state index is 0.0236. The molecule has 3 amide bonds. The molecule has 0 aromatic heterocycles. The second kappa shape index (κ2) is 22.2. The van der Waals surface area contributed by atoms with Crippen molar-refractivity contribution in [2.75, 3.05) is 19.8 Å². The highest BCUT2D eigenvalue weighted by atomic mass is 19.1. The predicted molar refractivity (Wildman–Crippen MR) is 174 cm³/mol. The van der Waals surface area contributed by atoms with Crippen LogP contribution in [0.1, 0.15) is 62.5 Å². The van der Waals surface area contributed by atoms with Crippen molar-refractivity contribution in [3.63, 3.8) is 0 Å². The number of amides is 3. The minimum atomic E-state index is -1.40. The third-order valence-corrected chi connectivity index (χ3v) is 7.11. The summed E-state index contributed by atoms with van der Waals surface area (Å²) in [6.07, 6.45) is 12.6. The normalized spacial score (nSPS) is 12.9. The molecule has 250 valence electrons. The average molecular weight is 640 g/mol. The maximum atomic E-state index is 13.3. The van der Waals surface area contributed by atoms with E-state index in [4.69, 9.17) is 4.74 Å². The molecule has 0 spiro atoms. The Labute approximate surface area is 270 Å². The number of rotatable bonds is 22. The predicted octanol–water partition coefficient (Wildman–Crippen LogP) is 3.37. The van der Waals surface area contributed by atoms with Crippen molar-refractivity contribution in [2.45, 2.75) is 75.9 Å². The molecule has 11 heteroatoms. The molecule has 5 N–H and O–H groups in total. The van der Waals surface area contributed by atoms with E-state index in [0.717, 1.165) is 51.0 Å². The maximum absolute atomic E-state index is 13.3. The van der Waals surface area contributed by atoms with Crippen LogP contribution in [0.4, 0.5) is 4.39 Å². The number of hydrogen-bond donors (Lipinski definition) is 5. The third kappa shape index (κ3) is 15.1. The zero-order valence-corrected chi connectivity index (χ0v) is 26.2. The first kappa shape index (κ1) is 37.8. The molecular formula is C35H46FN3O7. The van der Waals surface area contributed by atoms with E-state index in [1.807, 2.05) is 6.08 Å². The van der Waals surface area contributed by atoms with Crippen molar-refractivity contribution in [1.29, 1.82) is 0 Å². The van der Waals surface area contributed by atoms with Gasteiger partial charge in [0.25, 0.3) is 0 Å². The number of carbonyl (C=O) groups excluding carboxylic acids is 4. The number of halogens is 1. The molecule has 2 rings (SSSR count). The van der Waals surface area contributed by atoms with Crippen LogP contribution in [0.5, 0.6) is 0 Å². The molecule has 0 bridgehead atoms. The first-order chi connectivity index (χ1) is 22.3. The minimum Gasteiger partial charge on any atom is -0.464 e. The van der Waals surface area contributed by atoms with E-state index in [-0.39, 0.29) is 13.0 Å². The quantitative estimate of drug-likeness (QED) is 0.0573. The summed E-state index contributed by atoms with van der Waals surface area (Å²) in [4.78, 5) is 51.4. The van der Waals surface area contributed by atoms with Crippen molar-refractivity contribution in [1.82, 2.24) is 16.0 Å². The Kier molecular flexibility index (Phi) is 18.3. The summed E-state index contributed by atoms with van der Waals surface area (Å²) in [6.45, 7) is 2.40. The van der Waals surface area contributed by atoms with Crippen LogP contribution in [0.2, 0.25) is 0 Å². The first-order valence-electron chi connectivity index (χ1n) is 15.7. The number of allylic oxidation sites excluding steroid dienone is 1. The molecule has 0 fully saturated rings. The third-order valence-electron chi connectivity index (χ3n) is 7.11. The lowest BCUT2D eigenvalue weighted by atomic mass is 10.0. The fourth-order valence-electron chi connectivity index (χ4n) is 4.49. The summed E-state index contributed by atoms with van der Waals surface area (Å²) >= 11 is 0. The van der Waals surface area contributed by atoms with Crippen molar-refractivity contribution in [3.05, 3.63) is 90.3 Å². The Hall–Kier alpha value is -4.35. The number of aliphatic hydroxyl groups excluding tert-OH is 2. The van der Waals surface area contributed by atoms with Gasteiger partial charge in [-0.3, -0.25) is 14.4 Å². The Morgan fingerprint density at radius 1 is 0.761 bits per heavy atom. The number of benzene rings is 2. The molecule has 0 radical (unpaired) electrons. The molecule has 0 aliphatic rings. The second-order valence-electron chi connectivity index (χ2n) is 10.8. The van der Waals surface area contributed by atoms with E-state index in [1.165, 1.54) is 30.3 Å². The fourth-order valence-corrected chi connectivity index (χ4v) is 4.49. The van der Waals surface area contributed by atoms with Crippen molar-refractivity contribution in [3.8, 4) is 0 Å². The van der Waals surface area contributed by atoms with Crippen LogP contribution >= 0.6 is 0 Å². The molecule has 0 aliphatic heterocycles. The van der Waals surface area contributed by atoms with Crippen LogP contribution < -0.4 is 16.0 Å². The molecule has 0 unspecified atom stereocenters. The van der Waals surface area contributed by atoms with Crippen LogP contribution in [0.15, 0.2) is 73.3 Å². The molecule has 46 heavy (non-hydrogen) atoms. The Balaban J connectivity index is 1.94. The maximum Gasteiger partial charge on any atom is 0.331 e. The lowest BCUT2D eigenvalue weighted by Gasteiger charge is -2.24. The van der Waals surface area contributed by atoms with E-state index < -0.39 is 60.8 Å². The van der Waals surface area contributed by atoms with Crippen LogP contribution in [0.3, 0.4) is 0 Å².